The van der Waals surface area contributed by atoms with Gasteiger partial charge in [-0.25, -0.2) is 13.4 Å². The first-order valence-electron chi connectivity index (χ1n) is 10.4. The number of nitrogens with zero attached hydrogens (tertiary/aromatic N) is 4. The highest BCUT2D eigenvalue weighted by Gasteiger charge is 2.24. The van der Waals surface area contributed by atoms with E-state index in [4.69, 9.17) is 10.7 Å². The maximum absolute atomic E-state index is 12.5. The number of nitrogens with two attached hydrogens (primary N) is 1. The molecule has 0 amide bonds. The molecule has 4 N–H and O–H groups in total. The van der Waals surface area contributed by atoms with Crippen molar-refractivity contribution in [2.24, 2.45) is 5.73 Å². The zero-order valence-corrected chi connectivity index (χ0v) is 19.1. The third-order valence-electron chi connectivity index (χ3n) is 5.80. The third kappa shape index (κ3) is 3.98. The van der Waals surface area contributed by atoms with Gasteiger partial charge in [0, 0.05) is 29.5 Å². The van der Waals surface area contributed by atoms with Crippen LogP contribution < -0.4 is 11.1 Å². The quantitative estimate of drug-likeness (QED) is 0.405. The lowest BCUT2D eigenvalue weighted by Crippen LogP contribution is -2.32. The number of H-pyrrole nitrogens is 1. The zero-order chi connectivity index (χ0) is 22.3. The number of aromatic amines is 1. The fourth-order valence-electron chi connectivity index (χ4n) is 4.23. The molecule has 166 valence electrons. The summed E-state index contributed by atoms with van der Waals surface area (Å²) in [5.41, 5.74) is 8.77. The van der Waals surface area contributed by atoms with Crippen LogP contribution in [-0.4, -0.2) is 52.4 Å². The molecule has 1 saturated carbocycles. The zero-order valence-electron chi connectivity index (χ0n) is 17.4. The number of aromatic nitrogens is 5. The minimum absolute atomic E-state index is 0.153. The number of anilines is 1. The number of fused-ring (bicyclic) bond motifs is 1. The Bertz CT molecular complexity index is 1360. The molecular formula is C21H23N7O2S2. The summed E-state index contributed by atoms with van der Waals surface area (Å²) in [5.74, 6) is 0.227. The smallest absolute Gasteiger partial charge is 0.206 e. The molecule has 11 heteroatoms. The number of rotatable bonds is 5. The SMILES string of the molecule is CS(=O)(=O)c1cccc(-c2cccc3sc(NC4CCC(N)CC4)nc23)c1-c1nn[nH]n1. The van der Waals surface area contributed by atoms with E-state index in [9.17, 15) is 8.42 Å². The second-order valence-electron chi connectivity index (χ2n) is 8.11. The summed E-state index contributed by atoms with van der Waals surface area (Å²) in [7, 11) is -3.52. The number of thiazole rings is 1. The molecule has 2 aromatic heterocycles. The Morgan fingerprint density at radius 2 is 1.84 bits per heavy atom. The van der Waals surface area contributed by atoms with E-state index in [-0.39, 0.29) is 10.7 Å². The summed E-state index contributed by atoms with van der Waals surface area (Å²) in [4.78, 5) is 5.03. The summed E-state index contributed by atoms with van der Waals surface area (Å²) in [6.45, 7) is 0. The molecule has 0 bridgehead atoms. The number of sulfone groups is 1. The number of para-hydroxylation sites is 1. The molecule has 9 nitrogen and oxygen atoms in total. The number of hydrogen-bond donors (Lipinski definition) is 3. The van der Waals surface area contributed by atoms with Crippen LogP contribution in [0.2, 0.25) is 0 Å². The van der Waals surface area contributed by atoms with Crippen LogP contribution in [0.25, 0.3) is 32.7 Å². The van der Waals surface area contributed by atoms with Gasteiger partial charge >= 0.3 is 0 Å². The van der Waals surface area contributed by atoms with Crippen molar-refractivity contribution in [3.8, 4) is 22.5 Å². The van der Waals surface area contributed by atoms with E-state index in [1.54, 1.807) is 23.5 Å². The summed E-state index contributed by atoms with van der Waals surface area (Å²) >= 11 is 1.59. The van der Waals surface area contributed by atoms with Crippen LogP contribution in [0.5, 0.6) is 0 Å². The van der Waals surface area contributed by atoms with Gasteiger partial charge in [0.15, 0.2) is 15.0 Å². The molecule has 2 heterocycles. The van der Waals surface area contributed by atoms with Gasteiger partial charge in [-0.05, 0) is 48.6 Å². The first-order valence-corrected chi connectivity index (χ1v) is 13.1. The highest BCUT2D eigenvalue weighted by Crippen LogP contribution is 2.40. The molecule has 0 atom stereocenters. The third-order valence-corrected chi connectivity index (χ3v) is 7.89. The molecule has 2 aromatic carbocycles. The fourth-order valence-corrected chi connectivity index (χ4v) is 6.10. The number of hydrogen-bond acceptors (Lipinski definition) is 9. The summed E-state index contributed by atoms with van der Waals surface area (Å²) < 4.78 is 26.1. The van der Waals surface area contributed by atoms with Gasteiger partial charge in [-0.3, -0.25) is 0 Å². The van der Waals surface area contributed by atoms with E-state index in [0.29, 0.717) is 23.2 Å². The number of nitrogens with one attached hydrogen (secondary N) is 2. The second kappa shape index (κ2) is 8.23. The minimum Gasteiger partial charge on any atom is -0.359 e. The normalized spacial score (nSPS) is 19.3. The minimum atomic E-state index is -3.52. The van der Waals surface area contributed by atoms with E-state index < -0.39 is 9.84 Å². The maximum atomic E-state index is 12.5. The second-order valence-corrected chi connectivity index (χ2v) is 11.1. The van der Waals surface area contributed by atoms with Crippen LogP contribution in [-0.2, 0) is 9.84 Å². The van der Waals surface area contributed by atoms with Gasteiger partial charge in [-0.2, -0.15) is 5.21 Å². The summed E-state index contributed by atoms with van der Waals surface area (Å²) in [6.07, 6.45) is 5.27. The van der Waals surface area contributed by atoms with Gasteiger partial charge in [0.25, 0.3) is 0 Å². The van der Waals surface area contributed by atoms with Gasteiger partial charge in [0.05, 0.1) is 15.1 Å². The van der Waals surface area contributed by atoms with Crippen LogP contribution in [0.4, 0.5) is 5.13 Å². The average Bonchev–Trinajstić information content (AvgIpc) is 3.43. The van der Waals surface area contributed by atoms with Crippen molar-refractivity contribution in [1.82, 2.24) is 25.6 Å². The Labute approximate surface area is 189 Å². The summed E-state index contributed by atoms with van der Waals surface area (Å²) in [5, 5.41) is 18.6. The highest BCUT2D eigenvalue weighted by atomic mass is 32.2. The molecule has 1 aliphatic carbocycles. The largest absolute Gasteiger partial charge is 0.359 e. The van der Waals surface area contributed by atoms with Crippen LogP contribution in [0.15, 0.2) is 41.3 Å². The molecule has 32 heavy (non-hydrogen) atoms. The van der Waals surface area contributed by atoms with Gasteiger partial charge < -0.3 is 11.1 Å². The fraction of sp³-hybridized carbons (Fsp3) is 0.333. The Hall–Kier alpha value is -2.89. The van der Waals surface area contributed by atoms with Crippen LogP contribution >= 0.6 is 11.3 Å². The van der Waals surface area contributed by atoms with E-state index in [1.807, 2.05) is 24.3 Å². The predicted octanol–water partition coefficient (Wildman–Crippen LogP) is 3.23. The molecule has 0 unspecified atom stereocenters. The van der Waals surface area contributed by atoms with Crippen molar-refractivity contribution in [2.45, 2.75) is 42.7 Å². The van der Waals surface area contributed by atoms with Crippen LogP contribution in [0, 0.1) is 0 Å². The monoisotopic (exact) mass is 469 g/mol. The molecule has 0 spiro atoms. The first-order chi connectivity index (χ1) is 15.4. The van der Waals surface area contributed by atoms with Crippen molar-refractivity contribution < 1.29 is 8.42 Å². The highest BCUT2D eigenvalue weighted by molar-refractivity contribution is 7.90. The van der Waals surface area contributed by atoms with Crippen molar-refractivity contribution in [3.63, 3.8) is 0 Å². The van der Waals surface area contributed by atoms with Gasteiger partial charge in [-0.1, -0.05) is 35.6 Å². The lowest BCUT2D eigenvalue weighted by Gasteiger charge is -2.26. The maximum Gasteiger partial charge on any atom is 0.206 e. The van der Waals surface area contributed by atoms with Gasteiger partial charge in [0.1, 0.15) is 0 Å². The molecule has 5 rings (SSSR count). The molecule has 0 radical (unpaired) electrons. The van der Waals surface area contributed by atoms with Crippen molar-refractivity contribution in [3.05, 3.63) is 36.4 Å². The Kier molecular flexibility index (Phi) is 5.39. The van der Waals surface area contributed by atoms with E-state index in [2.05, 4.69) is 25.9 Å². The molecule has 0 saturated heterocycles. The Morgan fingerprint density at radius 3 is 2.56 bits per heavy atom. The number of benzene rings is 2. The van der Waals surface area contributed by atoms with Crippen LogP contribution in [0.1, 0.15) is 25.7 Å². The van der Waals surface area contributed by atoms with Crippen molar-refractivity contribution in [1.29, 1.82) is 0 Å². The average molecular weight is 470 g/mol. The molecular weight excluding hydrogens is 446 g/mol. The topological polar surface area (TPSA) is 140 Å². The van der Waals surface area contributed by atoms with E-state index >= 15 is 0 Å². The van der Waals surface area contributed by atoms with Crippen LogP contribution in [0.3, 0.4) is 0 Å². The standard InChI is InChI=1S/C21H23N7O2S2/c1-32(29,30)17-7-3-4-14(18(17)20-25-27-28-26-20)15-5-2-6-16-19(15)24-21(31-16)23-13-10-8-12(22)9-11-13/h2-7,12-13H,8-11,22H2,1H3,(H,23,24)(H,25,26,27,28). The van der Waals surface area contributed by atoms with Crippen molar-refractivity contribution in [2.75, 3.05) is 11.6 Å². The molecule has 4 aromatic rings. The molecule has 0 aliphatic heterocycles. The van der Waals surface area contributed by atoms with E-state index in [1.165, 1.54) is 6.26 Å². The first kappa shape index (κ1) is 21.0. The predicted molar refractivity (Wildman–Crippen MR) is 125 cm³/mol. The van der Waals surface area contributed by atoms with Gasteiger partial charge in [-0.15, -0.1) is 10.2 Å². The Morgan fingerprint density at radius 1 is 1.09 bits per heavy atom. The number of tetrazole rings is 1. The Balaban J connectivity index is 1.62. The van der Waals surface area contributed by atoms with E-state index in [0.717, 1.165) is 46.6 Å². The lowest BCUT2D eigenvalue weighted by molar-refractivity contribution is 0.411. The van der Waals surface area contributed by atoms with Gasteiger partial charge in [0.2, 0.25) is 5.82 Å². The van der Waals surface area contributed by atoms with Crippen molar-refractivity contribution >= 4 is 36.5 Å². The molecule has 1 aliphatic rings. The molecule has 1 fully saturated rings. The summed E-state index contributed by atoms with van der Waals surface area (Å²) in [6, 6.07) is 11.7. The lowest BCUT2D eigenvalue weighted by atomic mass is 9.92.